The summed E-state index contributed by atoms with van der Waals surface area (Å²) in [6.07, 6.45) is 0.729. The Kier molecular flexibility index (Phi) is 6.08. The van der Waals surface area contributed by atoms with Crippen LogP contribution in [0.15, 0.2) is 30.3 Å². The monoisotopic (exact) mass is 253 g/mol. The number of para-hydroxylation sites is 1. The van der Waals surface area contributed by atoms with Crippen molar-refractivity contribution in [2.45, 2.75) is 18.6 Å². The summed E-state index contributed by atoms with van der Waals surface area (Å²) >= 11 is 1.58. The number of anilines is 1. The van der Waals surface area contributed by atoms with E-state index in [1.807, 2.05) is 37.3 Å². The van der Waals surface area contributed by atoms with Gasteiger partial charge in [-0.15, -0.1) is 11.8 Å². The first-order valence-electron chi connectivity index (χ1n) is 5.69. The Balaban J connectivity index is 2.43. The second kappa shape index (κ2) is 7.35. The lowest BCUT2D eigenvalue weighted by Crippen LogP contribution is -2.28. The topological polar surface area (TPSA) is 40.5 Å². The second-order valence-electron chi connectivity index (χ2n) is 3.92. The summed E-state index contributed by atoms with van der Waals surface area (Å²) in [6.45, 7) is 2.20. The minimum Gasteiger partial charge on any atom is -0.396 e. The van der Waals surface area contributed by atoms with Crippen molar-refractivity contribution in [1.29, 1.82) is 0 Å². The second-order valence-corrected chi connectivity index (χ2v) is 5.35. The van der Waals surface area contributed by atoms with E-state index in [-0.39, 0.29) is 12.5 Å². The van der Waals surface area contributed by atoms with Crippen molar-refractivity contribution >= 4 is 23.4 Å². The lowest BCUT2D eigenvalue weighted by Gasteiger charge is -2.18. The molecule has 0 saturated carbocycles. The van der Waals surface area contributed by atoms with Gasteiger partial charge in [0.05, 0.1) is 5.75 Å². The van der Waals surface area contributed by atoms with E-state index in [2.05, 4.69) is 0 Å². The summed E-state index contributed by atoms with van der Waals surface area (Å²) in [5, 5.41) is 9.09. The molecule has 1 amide bonds. The molecule has 1 N–H and O–H groups in total. The smallest absolute Gasteiger partial charge is 0.236 e. The third-order valence-electron chi connectivity index (χ3n) is 2.54. The van der Waals surface area contributed by atoms with Crippen LogP contribution in [0.1, 0.15) is 13.3 Å². The highest BCUT2D eigenvalue weighted by Gasteiger charge is 2.12. The van der Waals surface area contributed by atoms with Crippen LogP contribution >= 0.6 is 11.8 Å². The van der Waals surface area contributed by atoms with Crippen molar-refractivity contribution in [3.8, 4) is 0 Å². The van der Waals surface area contributed by atoms with Crippen LogP contribution in [0, 0.1) is 0 Å². The van der Waals surface area contributed by atoms with E-state index in [0.717, 1.165) is 12.1 Å². The van der Waals surface area contributed by atoms with Gasteiger partial charge in [-0.25, -0.2) is 0 Å². The summed E-state index contributed by atoms with van der Waals surface area (Å²) in [7, 11) is 1.79. The number of aliphatic hydroxyl groups is 1. The van der Waals surface area contributed by atoms with Crippen LogP contribution in [0.5, 0.6) is 0 Å². The van der Waals surface area contributed by atoms with Crippen molar-refractivity contribution in [2.75, 3.05) is 24.3 Å². The van der Waals surface area contributed by atoms with E-state index >= 15 is 0 Å². The predicted octanol–water partition coefficient (Wildman–Crippen LogP) is 2.15. The molecule has 1 unspecified atom stereocenters. The Labute approximate surface area is 107 Å². The van der Waals surface area contributed by atoms with Gasteiger partial charge in [-0.05, 0) is 18.6 Å². The van der Waals surface area contributed by atoms with E-state index < -0.39 is 0 Å². The van der Waals surface area contributed by atoms with Crippen LogP contribution < -0.4 is 4.90 Å². The zero-order chi connectivity index (χ0) is 12.7. The molecule has 1 rings (SSSR count). The fourth-order valence-corrected chi connectivity index (χ4v) is 2.26. The van der Waals surface area contributed by atoms with E-state index in [1.54, 1.807) is 23.7 Å². The van der Waals surface area contributed by atoms with Gasteiger partial charge in [-0.2, -0.15) is 0 Å². The number of hydrogen-bond acceptors (Lipinski definition) is 3. The molecular weight excluding hydrogens is 234 g/mol. The van der Waals surface area contributed by atoms with Gasteiger partial charge in [0.25, 0.3) is 0 Å². The number of benzene rings is 1. The Morgan fingerprint density at radius 1 is 1.41 bits per heavy atom. The normalized spacial score (nSPS) is 12.2. The average molecular weight is 253 g/mol. The molecule has 94 valence electrons. The van der Waals surface area contributed by atoms with Gasteiger partial charge in [-0.1, -0.05) is 25.1 Å². The van der Waals surface area contributed by atoms with Gasteiger partial charge in [-0.3, -0.25) is 4.79 Å². The largest absolute Gasteiger partial charge is 0.396 e. The molecule has 0 aliphatic heterocycles. The zero-order valence-corrected chi connectivity index (χ0v) is 11.1. The predicted molar refractivity (Wildman–Crippen MR) is 73.5 cm³/mol. The van der Waals surface area contributed by atoms with Crippen molar-refractivity contribution in [3.63, 3.8) is 0 Å². The number of aliphatic hydroxyl groups excluding tert-OH is 1. The van der Waals surface area contributed by atoms with Crippen LogP contribution in [0.2, 0.25) is 0 Å². The Bertz CT molecular complexity index is 343. The third-order valence-corrected chi connectivity index (χ3v) is 3.76. The molecular formula is C13H19NO2S. The number of hydrogen-bond donors (Lipinski definition) is 1. The fourth-order valence-electron chi connectivity index (χ4n) is 1.37. The number of carbonyl (C=O) groups is 1. The SMILES string of the molecule is CC(CCO)SCC(=O)N(C)c1ccccc1. The van der Waals surface area contributed by atoms with Crippen LogP contribution in [0.3, 0.4) is 0 Å². The molecule has 0 spiro atoms. The maximum Gasteiger partial charge on any atom is 0.236 e. The van der Waals surface area contributed by atoms with Crippen molar-refractivity contribution in [2.24, 2.45) is 0 Å². The quantitative estimate of drug-likeness (QED) is 0.844. The number of amides is 1. The molecule has 1 aromatic rings. The molecule has 1 atom stereocenters. The molecule has 0 heterocycles. The van der Waals surface area contributed by atoms with Crippen LogP contribution in [-0.4, -0.2) is 35.7 Å². The summed E-state index contributed by atoms with van der Waals surface area (Å²) in [5.41, 5.74) is 0.910. The van der Waals surface area contributed by atoms with E-state index in [9.17, 15) is 4.79 Å². The highest BCUT2D eigenvalue weighted by molar-refractivity contribution is 8.00. The minimum atomic E-state index is 0.0889. The fraction of sp³-hybridized carbons (Fsp3) is 0.462. The van der Waals surface area contributed by atoms with E-state index in [4.69, 9.17) is 5.11 Å². The molecule has 0 saturated heterocycles. The summed E-state index contributed by atoms with van der Waals surface area (Å²) in [4.78, 5) is 13.6. The maximum absolute atomic E-state index is 11.9. The number of nitrogens with zero attached hydrogens (tertiary/aromatic N) is 1. The van der Waals surface area contributed by atoms with Gasteiger partial charge < -0.3 is 10.0 Å². The van der Waals surface area contributed by atoms with Crippen molar-refractivity contribution < 1.29 is 9.90 Å². The van der Waals surface area contributed by atoms with E-state index in [0.29, 0.717) is 11.0 Å². The Hall–Kier alpha value is -1.00. The molecule has 17 heavy (non-hydrogen) atoms. The van der Waals surface area contributed by atoms with Gasteiger partial charge in [0, 0.05) is 24.6 Å². The first-order valence-corrected chi connectivity index (χ1v) is 6.74. The minimum absolute atomic E-state index is 0.0889. The molecule has 0 bridgehead atoms. The molecule has 3 nitrogen and oxygen atoms in total. The molecule has 1 aromatic carbocycles. The van der Waals surface area contributed by atoms with Crippen molar-refractivity contribution in [3.05, 3.63) is 30.3 Å². The van der Waals surface area contributed by atoms with E-state index in [1.165, 1.54) is 0 Å². The van der Waals surface area contributed by atoms with Gasteiger partial charge in [0.1, 0.15) is 0 Å². The molecule has 0 aromatic heterocycles. The van der Waals surface area contributed by atoms with Gasteiger partial charge >= 0.3 is 0 Å². The lowest BCUT2D eigenvalue weighted by molar-refractivity contribution is -0.115. The number of rotatable bonds is 6. The van der Waals surface area contributed by atoms with Gasteiger partial charge in [0.2, 0.25) is 5.91 Å². The molecule has 0 radical (unpaired) electrons. The first-order chi connectivity index (χ1) is 8.15. The maximum atomic E-state index is 11.9. The molecule has 0 fully saturated rings. The highest BCUT2D eigenvalue weighted by Crippen LogP contribution is 2.17. The average Bonchev–Trinajstić information content (AvgIpc) is 2.36. The Morgan fingerprint density at radius 3 is 2.65 bits per heavy atom. The summed E-state index contributed by atoms with van der Waals surface area (Å²) in [5.74, 6) is 0.540. The first kappa shape index (κ1) is 14.1. The highest BCUT2D eigenvalue weighted by atomic mass is 32.2. The molecule has 0 aliphatic rings. The lowest BCUT2D eigenvalue weighted by atomic mass is 10.3. The Morgan fingerprint density at radius 2 is 2.06 bits per heavy atom. The number of carbonyl (C=O) groups excluding carboxylic acids is 1. The van der Waals surface area contributed by atoms with Gasteiger partial charge in [0.15, 0.2) is 0 Å². The van der Waals surface area contributed by atoms with Crippen LogP contribution in [0.4, 0.5) is 5.69 Å². The summed E-state index contributed by atoms with van der Waals surface area (Å²) in [6, 6.07) is 9.60. The van der Waals surface area contributed by atoms with Crippen molar-refractivity contribution in [1.82, 2.24) is 0 Å². The zero-order valence-electron chi connectivity index (χ0n) is 10.3. The standard InChI is InChI=1S/C13H19NO2S/c1-11(8-9-15)17-10-13(16)14(2)12-6-4-3-5-7-12/h3-7,11,15H,8-10H2,1-2H3. The molecule has 0 aliphatic carbocycles. The molecule has 4 heteroatoms. The summed E-state index contributed by atoms with van der Waals surface area (Å²) < 4.78 is 0. The van der Waals surface area contributed by atoms with Crippen LogP contribution in [-0.2, 0) is 4.79 Å². The number of thioether (sulfide) groups is 1. The van der Waals surface area contributed by atoms with Crippen LogP contribution in [0.25, 0.3) is 0 Å². The third kappa shape index (κ3) is 4.79.